The van der Waals surface area contributed by atoms with Crippen LogP contribution >= 0.6 is 15.9 Å². The molecule has 1 aromatic heterocycles. The van der Waals surface area contributed by atoms with E-state index >= 15 is 0 Å². The third kappa shape index (κ3) is 3.17. The Hall–Kier alpha value is -1.61. The highest BCUT2D eigenvalue weighted by atomic mass is 79.9. The summed E-state index contributed by atoms with van der Waals surface area (Å²) in [7, 11) is 0. The topological polar surface area (TPSA) is 30.2 Å². The molecule has 2 nitrogen and oxygen atoms in total. The number of allylic oxidation sites excluding steroid dienone is 1. The Labute approximate surface area is 108 Å². The molecule has 2 rings (SSSR count). The lowest BCUT2D eigenvalue weighted by molar-refractivity contribution is 0.102. The molecule has 86 valence electrons. The number of halogens is 1. The quantitative estimate of drug-likeness (QED) is 0.625. The zero-order chi connectivity index (χ0) is 12.3. The Morgan fingerprint density at radius 1 is 1.18 bits per heavy atom. The fourth-order valence-corrected chi connectivity index (χ4v) is 1.66. The first kappa shape index (κ1) is 11.9. The Morgan fingerprint density at radius 3 is 2.47 bits per heavy atom. The maximum Gasteiger partial charge on any atom is 0.221 e. The second kappa shape index (κ2) is 5.15. The van der Waals surface area contributed by atoms with E-state index in [1.54, 1.807) is 18.2 Å². The molecule has 0 unspecified atom stereocenters. The van der Waals surface area contributed by atoms with Crippen LogP contribution in [0.3, 0.4) is 0 Å². The first-order chi connectivity index (χ1) is 8.15. The molecule has 1 heterocycles. The van der Waals surface area contributed by atoms with Gasteiger partial charge >= 0.3 is 0 Å². The Bertz CT molecular complexity index is 550. The molecule has 2 aromatic rings. The van der Waals surface area contributed by atoms with Crippen molar-refractivity contribution in [3.8, 4) is 0 Å². The predicted molar refractivity (Wildman–Crippen MR) is 71.0 cm³/mol. The van der Waals surface area contributed by atoms with E-state index in [9.17, 15) is 4.79 Å². The third-order valence-electron chi connectivity index (χ3n) is 2.28. The Kier molecular flexibility index (Phi) is 3.59. The monoisotopic (exact) mass is 290 g/mol. The molecule has 3 heteroatoms. The van der Waals surface area contributed by atoms with Crippen LogP contribution in [0, 0.1) is 6.92 Å². The van der Waals surface area contributed by atoms with Gasteiger partial charge in [-0.25, -0.2) is 0 Å². The minimum atomic E-state index is -0.124. The molecule has 0 atom stereocenters. The molecule has 0 saturated carbocycles. The lowest BCUT2D eigenvalue weighted by Crippen LogP contribution is -1.90. The van der Waals surface area contributed by atoms with Crippen molar-refractivity contribution in [1.82, 2.24) is 0 Å². The molecule has 0 radical (unpaired) electrons. The van der Waals surface area contributed by atoms with E-state index in [4.69, 9.17) is 4.42 Å². The van der Waals surface area contributed by atoms with E-state index in [0.717, 1.165) is 15.8 Å². The summed E-state index contributed by atoms with van der Waals surface area (Å²) in [6, 6.07) is 11.2. The molecule has 0 N–H and O–H groups in total. The first-order valence-electron chi connectivity index (χ1n) is 5.19. The van der Waals surface area contributed by atoms with Crippen molar-refractivity contribution >= 4 is 27.8 Å². The molecule has 0 aliphatic carbocycles. The number of benzene rings is 1. The molecular formula is C14H11BrO2. The van der Waals surface area contributed by atoms with Gasteiger partial charge in [0.1, 0.15) is 5.76 Å². The average Bonchev–Trinajstić information content (AvgIpc) is 2.75. The van der Waals surface area contributed by atoms with Crippen LogP contribution in [-0.2, 0) is 0 Å². The minimum absolute atomic E-state index is 0.124. The molecule has 0 fully saturated rings. The molecule has 0 amide bonds. The number of carbonyl (C=O) groups is 1. The van der Waals surface area contributed by atoms with Crippen molar-refractivity contribution < 1.29 is 9.21 Å². The van der Waals surface area contributed by atoms with Crippen molar-refractivity contribution in [2.75, 3.05) is 0 Å². The molecule has 0 aliphatic rings. The summed E-state index contributed by atoms with van der Waals surface area (Å²) in [5.41, 5.74) is 0.977. The van der Waals surface area contributed by atoms with Crippen molar-refractivity contribution in [1.29, 1.82) is 0 Å². The number of aryl methyl sites for hydroxylation is 1. The Balaban J connectivity index is 2.10. The van der Waals surface area contributed by atoms with Gasteiger partial charge in [-0.3, -0.25) is 4.79 Å². The summed E-state index contributed by atoms with van der Waals surface area (Å²) in [5, 5.41) is 0. The highest BCUT2D eigenvalue weighted by Crippen LogP contribution is 2.13. The molecular weight excluding hydrogens is 280 g/mol. The van der Waals surface area contributed by atoms with Gasteiger partial charge in [-0.2, -0.15) is 0 Å². The maximum absolute atomic E-state index is 11.7. The minimum Gasteiger partial charge on any atom is -0.458 e. The van der Waals surface area contributed by atoms with E-state index in [0.29, 0.717) is 5.76 Å². The van der Waals surface area contributed by atoms with Gasteiger partial charge in [0, 0.05) is 4.47 Å². The summed E-state index contributed by atoms with van der Waals surface area (Å²) in [6.07, 6.45) is 3.29. The van der Waals surface area contributed by atoms with Crippen molar-refractivity contribution in [2.24, 2.45) is 0 Å². The van der Waals surface area contributed by atoms with Crippen molar-refractivity contribution in [2.45, 2.75) is 6.92 Å². The highest BCUT2D eigenvalue weighted by Gasteiger charge is 2.05. The van der Waals surface area contributed by atoms with Crippen LogP contribution in [-0.4, -0.2) is 5.78 Å². The number of ketones is 1. The number of rotatable bonds is 3. The summed E-state index contributed by atoms with van der Waals surface area (Å²) in [5.74, 6) is 0.988. The van der Waals surface area contributed by atoms with E-state index < -0.39 is 0 Å². The Morgan fingerprint density at radius 2 is 1.88 bits per heavy atom. The smallest absolute Gasteiger partial charge is 0.221 e. The van der Waals surface area contributed by atoms with E-state index in [1.807, 2.05) is 31.2 Å². The summed E-state index contributed by atoms with van der Waals surface area (Å²) in [4.78, 5) is 11.7. The van der Waals surface area contributed by atoms with Crippen LogP contribution in [0.15, 0.2) is 51.4 Å². The van der Waals surface area contributed by atoms with Gasteiger partial charge in [0.15, 0.2) is 5.76 Å². The molecule has 17 heavy (non-hydrogen) atoms. The van der Waals surface area contributed by atoms with E-state index in [1.165, 1.54) is 6.08 Å². The van der Waals surface area contributed by atoms with Gasteiger partial charge in [-0.15, -0.1) is 0 Å². The van der Waals surface area contributed by atoms with Gasteiger partial charge in [0.2, 0.25) is 5.78 Å². The number of hydrogen-bond donors (Lipinski definition) is 0. The van der Waals surface area contributed by atoms with E-state index in [-0.39, 0.29) is 5.78 Å². The summed E-state index contributed by atoms with van der Waals surface area (Å²) in [6.45, 7) is 1.81. The SMILES string of the molecule is Cc1ccc(C(=O)/C=C/c2ccc(Br)cc2)o1. The average molecular weight is 291 g/mol. The van der Waals surface area contributed by atoms with Crippen LogP contribution < -0.4 is 0 Å². The molecule has 0 spiro atoms. The zero-order valence-electron chi connectivity index (χ0n) is 9.31. The van der Waals surface area contributed by atoms with Gasteiger partial charge in [-0.1, -0.05) is 34.1 Å². The van der Waals surface area contributed by atoms with Gasteiger partial charge in [0.05, 0.1) is 0 Å². The number of carbonyl (C=O) groups excluding carboxylic acids is 1. The largest absolute Gasteiger partial charge is 0.458 e. The number of furan rings is 1. The van der Waals surface area contributed by atoms with Crippen LogP contribution in [0.5, 0.6) is 0 Å². The van der Waals surface area contributed by atoms with Crippen LogP contribution in [0.1, 0.15) is 21.9 Å². The normalized spacial score (nSPS) is 10.9. The van der Waals surface area contributed by atoms with E-state index in [2.05, 4.69) is 15.9 Å². The standard InChI is InChI=1S/C14H11BrO2/c1-10-2-9-14(17-10)13(16)8-5-11-3-6-12(15)7-4-11/h2-9H,1H3/b8-5+. The van der Waals surface area contributed by atoms with Gasteiger partial charge in [0.25, 0.3) is 0 Å². The second-order valence-electron chi connectivity index (χ2n) is 3.66. The fraction of sp³-hybridized carbons (Fsp3) is 0.0714. The summed E-state index contributed by atoms with van der Waals surface area (Å²) < 4.78 is 6.26. The molecule has 0 saturated heterocycles. The van der Waals surface area contributed by atoms with Crippen molar-refractivity contribution in [3.05, 3.63) is 64.0 Å². The van der Waals surface area contributed by atoms with Crippen LogP contribution in [0.4, 0.5) is 0 Å². The first-order valence-corrected chi connectivity index (χ1v) is 5.99. The van der Waals surface area contributed by atoms with Crippen molar-refractivity contribution in [3.63, 3.8) is 0 Å². The number of hydrogen-bond acceptors (Lipinski definition) is 2. The molecule has 0 aliphatic heterocycles. The van der Waals surface area contributed by atoms with Gasteiger partial charge < -0.3 is 4.42 Å². The summed E-state index contributed by atoms with van der Waals surface area (Å²) >= 11 is 3.36. The highest BCUT2D eigenvalue weighted by molar-refractivity contribution is 9.10. The van der Waals surface area contributed by atoms with Gasteiger partial charge in [-0.05, 0) is 42.8 Å². The third-order valence-corrected chi connectivity index (χ3v) is 2.81. The molecule has 1 aromatic carbocycles. The predicted octanol–water partition coefficient (Wildman–Crippen LogP) is 4.25. The van der Waals surface area contributed by atoms with Crippen LogP contribution in [0.25, 0.3) is 6.08 Å². The second-order valence-corrected chi connectivity index (χ2v) is 4.58. The maximum atomic E-state index is 11.7. The fourth-order valence-electron chi connectivity index (χ4n) is 1.39. The molecule has 0 bridgehead atoms. The van der Waals surface area contributed by atoms with Crippen LogP contribution in [0.2, 0.25) is 0 Å². The lowest BCUT2D eigenvalue weighted by atomic mass is 10.2. The zero-order valence-corrected chi connectivity index (χ0v) is 10.9. The lowest BCUT2D eigenvalue weighted by Gasteiger charge is -1.93.